The summed E-state index contributed by atoms with van der Waals surface area (Å²) in [5.41, 5.74) is 0.549. The van der Waals surface area contributed by atoms with E-state index in [9.17, 15) is 0 Å². The van der Waals surface area contributed by atoms with E-state index in [1.54, 1.807) is 0 Å². The van der Waals surface area contributed by atoms with Crippen LogP contribution in [0.1, 0.15) is 41.5 Å². The molecule has 0 saturated carbocycles. The van der Waals surface area contributed by atoms with Crippen molar-refractivity contribution in [3.8, 4) is 0 Å². The highest BCUT2D eigenvalue weighted by molar-refractivity contribution is 7.00. The van der Waals surface area contributed by atoms with Crippen LogP contribution in [0.15, 0.2) is 0 Å². The van der Waals surface area contributed by atoms with Gasteiger partial charge < -0.3 is 9.96 Å². The molecule has 0 aliphatic carbocycles. The highest BCUT2D eigenvalue weighted by atomic mass is 29.2. The molecule has 0 aromatic rings. The monoisotopic (exact) mass is 204 g/mol. The normalized spacial score (nSPS) is 14.2. The van der Waals surface area contributed by atoms with Gasteiger partial charge in [-0.3, -0.25) is 0 Å². The molecule has 74 valence electrons. The average molecular weight is 204 g/mol. The molecular weight excluding hydrogens is 180 g/mol. The molecule has 4 heteroatoms. The first-order chi connectivity index (χ1) is 5.10. The molecule has 0 saturated heterocycles. The first-order valence-electron chi connectivity index (χ1n) is 4.65. The molecule has 0 bridgehead atoms. The SMILES string of the molecule is CC(C)(C)N[SiH]([SiH3])NC(C)(C)C. The van der Waals surface area contributed by atoms with Crippen LogP contribution in [0, 0.1) is 0 Å². The minimum absolute atomic E-state index is 0.275. The van der Waals surface area contributed by atoms with Crippen molar-refractivity contribution >= 4 is 18.4 Å². The molecule has 12 heavy (non-hydrogen) atoms. The summed E-state index contributed by atoms with van der Waals surface area (Å²) in [4.78, 5) is 7.33. The highest BCUT2D eigenvalue weighted by Gasteiger charge is 2.18. The van der Waals surface area contributed by atoms with Gasteiger partial charge in [-0.05, 0) is 41.5 Å². The molecule has 0 atom stereocenters. The molecule has 0 aromatic heterocycles. The molecule has 0 rings (SSSR count). The minimum atomic E-state index is -0.813. The van der Waals surface area contributed by atoms with Crippen molar-refractivity contribution in [1.82, 2.24) is 9.96 Å². The third-order valence-corrected chi connectivity index (χ3v) is 5.63. The Bertz CT molecular complexity index is 119. The molecule has 2 nitrogen and oxygen atoms in total. The van der Waals surface area contributed by atoms with Gasteiger partial charge in [0.1, 0.15) is 0 Å². The van der Waals surface area contributed by atoms with E-state index in [0.717, 1.165) is 0 Å². The molecule has 0 fully saturated rings. The summed E-state index contributed by atoms with van der Waals surface area (Å²) in [6, 6.07) is 0. The zero-order valence-corrected chi connectivity index (χ0v) is 12.7. The van der Waals surface area contributed by atoms with E-state index in [1.807, 2.05) is 0 Å². The van der Waals surface area contributed by atoms with Crippen LogP contribution in [0.3, 0.4) is 0 Å². The lowest BCUT2D eigenvalue weighted by molar-refractivity contribution is 0.482. The van der Waals surface area contributed by atoms with Gasteiger partial charge in [-0.1, -0.05) is 0 Å². The molecular formula is C8H24N2Si2. The summed E-state index contributed by atoms with van der Waals surface area (Å²) in [7, 11) is 0.454. The Hall–Kier alpha value is 0.354. The van der Waals surface area contributed by atoms with Crippen molar-refractivity contribution in [2.24, 2.45) is 0 Å². The zero-order chi connectivity index (χ0) is 9.99. The molecule has 0 aliphatic heterocycles. The van der Waals surface area contributed by atoms with E-state index in [1.165, 1.54) is 9.76 Å². The molecule has 0 unspecified atom stereocenters. The highest BCUT2D eigenvalue weighted by Crippen LogP contribution is 2.01. The van der Waals surface area contributed by atoms with Gasteiger partial charge in [0.15, 0.2) is 8.64 Å². The maximum absolute atomic E-state index is 3.67. The van der Waals surface area contributed by atoms with E-state index < -0.39 is 8.64 Å². The van der Waals surface area contributed by atoms with Gasteiger partial charge in [-0.2, -0.15) is 0 Å². The van der Waals surface area contributed by atoms with Gasteiger partial charge in [0.25, 0.3) is 0 Å². The molecule has 0 radical (unpaired) electrons. The molecule has 0 aliphatic rings. The lowest BCUT2D eigenvalue weighted by atomic mass is 10.1. The van der Waals surface area contributed by atoms with Gasteiger partial charge in [0, 0.05) is 20.8 Å². The molecule has 0 heterocycles. The lowest BCUT2D eigenvalue weighted by Gasteiger charge is -2.31. The summed E-state index contributed by atoms with van der Waals surface area (Å²) in [6.07, 6.45) is 0. The van der Waals surface area contributed by atoms with Crippen molar-refractivity contribution < 1.29 is 0 Å². The molecule has 0 aromatic carbocycles. The Morgan fingerprint density at radius 1 is 0.833 bits per heavy atom. The second-order valence-corrected chi connectivity index (χ2v) is 11.0. The summed E-state index contributed by atoms with van der Waals surface area (Å²) in [5.74, 6) is 0. The summed E-state index contributed by atoms with van der Waals surface area (Å²) < 4.78 is 0. The Balaban J connectivity index is 3.83. The first-order valence-corrected chi connectivity index (χ1v) is 10.4. The second-order valence-electron chi connectivity index (χ2n) is 5.51. The molecule has 2 N–H and O–H groups in total. The van der Waals surface area contributed by atoms with E-state index in [4.69, 9.17) is 0 Å². The van der Waals surface area contributed by atoms with Crippen LogP contribution in [0.25, 0.3) is 0 Å². The predicted molar refractivity (Wildman–Crippen MR) is 62.9 cm³/mol. The largest absolute Gasteiger partial charge is 0.326 e. The molecule has 0 spiro atoms. The number of hydrogen-bond donors (Lipinski definition) is 2. The first kappa shape index (κ1) is 12.4. The Morgan fingerprint density at radius 2 is 1.08 bits per heavy atom. The predicted octanol–water partition coefficient (Wildman–Crippen LogP) is -0.155. The van der Waals surface area contributed by atoms with Crippen molar-refractivity contribution in [1.29, 1.82) is 0 Å². The van der Waals surface area contributed by atoms with Crippen LogP contribution in [-0.2, 0) is 0 Å². The van der Waals surface area contributed by atoms with Crippen LogP contribution >= 0.6 is 0 Å². The van der Waals surface area contributed by atoms with Crippen molar-refractivity contribution in [3.05, 3.63) is 0 Å². The minimum Gasteiger partial charge on any atom is -0.326 e. The Labute approximate surface area is 81.5 Å². The topological polar surface area (TPSA) is 24.1 Å². The van der Waals surface area contributed by atoms with Gasteiger partial charge in [-0.15, -0.1) is 0 Å². The lowest BCUT2D eigenvalue weighted by Crippen LogP contribution is -2.60. The Kier molecular flexibility index (Phi) is 4.16. The summed E-state index contributed by atoms with van der Waals surface area (Å²) in [6.45, 7) is 13.4. The van der Waals surface area contributed by atoms with Gasteiger partial charge in [0.2, 0.25) is 0 Å². The zero-order valence-electron chi connectivity index (χ0n) is 9.58. The number of nitrogens with one attached hydrogen (secondary N) is 2. The van der Waals surface area contributed by atoms with Crippen LogP contribution in [0.4, 0.5) is 0 Å². The van der Waals surface area contributed by atoms with Crippen LogP contribution in [0.5, 0.6) is 0 Å². The van der Waals surface area contributed by atoms with Crippen molar-refractivity contribution in [2.45, 2.75) is 52.6 Å². The number of rotatable bonds is 2. The van der Waals surface area contributed by atoms with E-state index in [0.29, 0.717) is 0 Å². The van der Waals surface area contributed by atoms with Gasteiger partial charge in [0.05, 0.1) is 0 Å². The van der Waals surface area contributed by atoms with Crippen molar-refractivity contribution in [3.63, 3.8) is 0 Å². The quantitative estimate of drug-likeness (QED) is 0.611. The van der Waals surface area contributed by atoms with Crippen LogP contribution < -0.4 is 9.96 Å². The second kappa shape index (κ2) is 4.04. The fraction of sp³-hybridized carbons (Fsp3) is 1.00. The van der Waals surface area contributed by atoms with E-state index >= 15 is 0 Å². The maximum Gasteiger partial charge on any atom is 0.160 e. The van der Waals surface area contributed by atoms with E-state index in [-0.39, 0.29) is 11.1 Å². The third-order valence-electron chi connectivity index (χ3n) is 1.30. The summed E-state index contributed by atoms with van der Waals surface area (Å²) >= 11 is 0. The standard InChI is InChI=1S/C8H24N2Si2/c1-7(2,3)9-12(11)10-8(4,5)6/h9-10,12H,1-6,11H3. The summed E-state index contributed by atoms with van der Waals surface area (Å²) in [5, 5.41) is 0. The van der Waals surface area contributed by atoms with Crippen LogP contribution in [-0.4, -0.2) is 29.5 Å². The fourth-order valence-corrected chi connectivity index (χ4v) is 9.20. The maximum atomic E-state index is 3.67. The van der Waals surface area contributed by atoms with Gasteiger partial charge in [-0.25, -0.2) is 0 Å². The fourth-order valence-electron chi connectivity index (χ4n) is 1.34. The van der Waals surface area contributed by atoms with Crippen LogP contribution in [0.2, 0.25) is 0 Å². The van der Waals surface area contributed by atoms with Crippen molar-refractivity contribution in [2.75, 3.05) is 0 Å². The van der Waals surface area contributed by atoms with E-state index in [2.05, 4.69) is 51.5 Å². The number of hydrogen-bond acceptors (Lipinski definition) is 2. The average Bonchev–Trinajstić information content (AvgIpc) is 1.49. The Morgan fingerprint density at radius 3 is 1.25 bits per heavy atom. The molecule has 0 amide bonds. The van der Waals surface area contributed by atoms with Gasteiger partial charge >= 0.3 is 0 Å². The smallest absolute Gasteiger partial charge is 0.160 e. The third kappa shape index (κ3) is 8.45.